The Balaban J connectivity index is 3.17. The second-order valence-electron chi connectivity index (χ2n) is 5.19. The molecule has 1 aromatic carbocycles. The number of aliphatic hydroxyl groups excluding tert-OH is 2. The Morgan fingerprint density at radius 1 is 1.26 bits per heavy atom. The van der Waals surface area contributed by atoms with Crippen LogP contribution in [0.1, 0.15) is 42.9 Å². The fourth-order valence-electron chi connectivity index (χ4n) is 2.42. The Kier molecular flexibility index (Phi) is 5.65. The van der Waals surface area contributed by atoms with Crippen molar-refractivity contribution in [1.29, 1.82) is 0 Å². The van der Waals surface area contributed by atoms with Crippen LogP contribution in [0.2, 0.25) is 5.02 Å². The molecule has 0 bridgehead atoms. The lowest BCUT2D eigenvalue weighted by Gasteiger charge is -2.24. The largest absolute Gasteiger partial charge is 0.496 e. The van der Waals surface area contributed by atoms with Gasteiger partial charge in [-0.05, 0) is 50.3 Å². The average Bonchev–Trinajstić information content (AvgIpc) is 2.32. The lowest BCUT2D eigenvalue weighted by molar-refractivity contribution is 0.0226. The van der Waals surface area contributed by atoms with E-state index in [-0.39, 0.29) is 5.92 Å². The van der Waals surface area contributed by atoms with E-state index in [0.717, 1.165) is 22.4 Å². The number of methoxy groups -OCH3 is 1. The molecule has 0 radical (unpaired) electrons. The van der Waals surface area contributed by atoms with Crippen molar-refractivity contribution in [3.8, 4) is 5.75 Å². The number of hydrogen-bond acceptors (Lipinski definition) is 3. The van der Waals surface area contributed by atoms with Gasteiger partial charge in [-0.2, -0.15) is 0 Å². The second-order valence-corrected chi connectivity index (χ2v) is 5.60. The molecule has 19 heavy (non-hydrogen) atoms. The molecular weight excluding hydrogens is 264 g/mol. The molecule has 0 aromatic heterocycles. The van der Waals surface area contributed by atoms with Gasteiger partial charge in [-0.15, -0.1) is 0 Å². The third-order valence-corrected chi connectivity index (χ3v) is 3.95. The maximum atomic E-state index is 9.83. The molecule has 0 amide bonds. The highest BCUT2D eigenvalue weighted by molar-refractivity contribution is 6.31. The molecule has 0 aliphatic rings. The number of aliphatic hydroxyl groups is 2. The summed E-state index contributed by atoms with van der Waals surface area (Å²) in [6.07, 6.45) is -1.03. The summed E-state index contributed by atoms with van der Waals surface area (Å²) in [7, 11) is 1.64. The van der Waals surface area contributed by atoms with Crippen LogP contribution in [0.25, 0.3) is 0 Å². The topological polar surface area (TPSA) is 49.7 Å². The predicted octanol–water partition coefficient (Wildman–Crippen LogP) is 3.20. The van der Waals surface area contributed by atoms with Gasteiger partial charge in [0.2, 0.25) is 0 Å². The van der Waals surface area contributed by atoms with Gasteiger partial charge in [-0.25, -0.2) is 0 Å². The summed E-state index contributed by atoms with van der Waals surface area (Å²) in [5.74, 6) is 0.865. The van der Waals surface area contributed by atoms with Gasteiger partial charge in [0.05, 0.1) is 19.3 Å². The molecule has 4 heteroatoms. The summed E-state index contributed by atoms with van der Waals surface area (Å²) in [6.45, 7) is 7.49. The van der Waals surface area contributed by atoms with Crippen molar-refractivity contribution < 1.29 is 14.9 Å². The van der Waals surface area contributed by atoms with Crippen molar-refractivity contribution in [3.05, 3.63) is 27.8 Å². The summed E-state index contributed by atoms with van der Waals surface area (Å²) in [5.41, 5.74) is 2.95. The van der Waals surface area contributed by atoms with Crippen molar-refractivity contribution in [2.75, 3.05) is 7.11 Å². The molecule has 0 fully saturated rings. The van der Waals surface area contributed by atoms with Crippen molar-refractivity contribution in [2.45, 2.75) is 52.2 Å². The van der Waals surface area contributed by atoms with Crippen LogP contribution in [0.3, 0.4) is 0 Å². The smallest absolute Gasteiger partial charge is 0.125 e. The molecule has 1 rings (SSSR count). The fourth-order valence-corrected chi connectivity index (χ4v) is 2.68. The molecule has 0 saturated heterocycles. The Morgan fingerprint density at radius 2 is 1.84 bits per heavy atom. The summed E-state index contributed by atoms with van der Waals surface area (Å²) in [4.78, 5) is 0. The van der Waals surface area contributed by atoms with Crippen molar-refractivity contribution in [1.82, 2.24) is 0 Å². The normalized spacial score (nSPS) is 16.0. The van der Waals surface area contributed by atoms with Crippen molar-refractivity contribution >= 4 is 11.6 Å². The highest BCUT2D eigenvalue weighted by Gasteiger charge is 2.22. The fraction of sp³-hybridized carbons (Fsp3) is 0.600. The number of benzene rings is 1. The van der Waals surface area contributed by atoms with Crippen molar-refractivity contribution in [2.24, 2.45) is 0 Å². The van der Waals surface area contributed by atoms with E-state index in [0.29, 0.717) is 11.4 Å². The SMILES string of the molecule is COc1c(C)cc(Cl)c(C)c1C(C)CC(O)C(C)O. The quantitative estimate of drug-likeness (QED) is 0.874. The van der Waals surface area contributed by atoms with Gasteiger partial charge >= 0.3 is 0 Å². The summed E-state index contributed by atoms with van der Waals surface area (Å²) in [6, 6.07) is 1.89. The van der Waals surface area contributed by atoms with Crippen LogP contribution in [-0.4, -0.2) is 29.5 Å². The van der Waals surface area contributed by atoms with Gasteiger partial charge in [-0.1, -0.05) is 18.5 Å². The first kappa shape index (κ1) is 16.3. The molecule has 0 saturated carbocycles. The molecule has 0 aliphatic heterocycles. The summed E-state index contributed by atoms with van der Waals surface area (Å²) < 4.78 is 5.47. The number of aryl methyl sites for hydroxylation is 1. The Morgan fingerprint density at radius 3 is 2.32 bits per heavy atom. The van der Waals surface area contributed by atoms with Gasteiger partial charge < -0.3 is 14.9 Å². The highest BCUT2D eigenvalue weighted by Crippen LogP contribution is 2.38. The highest BCUT2D eigenvalue weighted by atomic mass is 35.5. The van der Waals surface area contributed by atoms with Crippen LogP contribution in [0.15, 0.2) is 6.07 Å². The molecule has 0 spiro atoms. The first-order valence-electron chi connectivity index (χ1n) is 6.49. The van der Waals surface area contributed by atoms with Gasteiger partial charge in [0.15, 0.2) is 0 Å². The van der Waals surface area contributed by atoms with Crippen LogP contribution in [0.5, 0.6) is 5.75 Å². The minimum Gasteiger partial charge on any atom is -0.496 e. The molecule has 3 nitrogen and oxygen atoms in total. The van der Waals surface area contributed by atoms with Crippen LogP contribution < -0.4 is 4.74 Å². The standard InChI is InChI=1S/C15H23ClO3/c1-8(7-13(18)11(4)17)14-10(3)12(16)6-9(2)15(14)19-5/h6,8,11,13,17-18H,7H2,1-5H3. The van der Waals surface area contributed by atoms with E-state index >= 15 is 0 Å². The molecule has 2 N–H and O–H groups in total. The molecule has 0 heterocycles. The lowest BCUT2D eigenvalue weighted by atomic mass is 9.88. The number of halogens is 1. The minimum absolute atomic E-state index is 0.0527. The monoisotopic (exact) mass is 286 g/mol. The van der Waals surface area contributed by atoms with E-state index in [9.17, 15) is 10.2 Å². The van der Waals surface area contributed by atoms with Crippen LogP contribution in [0, 0.1) is 13.8 Å². The number of hydrogen-bond donors (Lipinski definition) is 2. The third kappa shape index (κ3) is 3.62. The molecular formula is C15H23ClO3. The summed E-state index contributed by atoms with van der Waals surface area (Å²) in [5, 5.41) is 19.9. The third-order valence-electron chi connectivity index (χ3n) is 3.56. The summed E-state index contributed by atoms with van der Waals surface area (Å²) >= 11 is 6.22. The zero-order chi connectivity index (χ0) is 14.7. The Hall–Kier alpha value is -0.770. The maximum Gasteiger partial charge on any atom is 0.125 e. The maximum absolute atomic E-state index is 9.83. The first-order valence-corrected chi connectivity index (χ1v) is 6.87. The number of ether oxygens (including phenoxy) is 1. The Labute approximate surface area is 120 Å². The first-order chi connectivity index (χ1) is 8.79. The lowest BCUT2D eigenvalue weighted by Crippen LogP contribution is -2.24. The van der Waals surface area contributed by atoms with E-state index in [1.54, 1.807) is 14.0 Å². The van der Waals surface area contributed by atoms with E-state index < -0.39 is 12.2 Å². The molecule has 108 valence electrons. The van der Waals surface area contributed by atoms with Crippen LogP contribution in [0.4, 0.5) is 0 Å². The van der Waals surface area contributed by atoms with Gasteiger partial charge in [0.25, 0.3) is 0 Å². The van der Waals surface area contributed by atoms with E-state index in [1.807, 2.05) is 26.8 Å². The van der Waals surface area contributed by atoms with Crippen LogP contribution in [-0.2, 0) is 0 Å². The Bertz CT molecular complexity index is 444. The van der Waals surface area contributed by atoms with E-state index in [4.69, 9.17) is 16.3 Å². The van der Waals surface area contributed by atoms with Crippen LogP contribution >= 0.6 is 11.6 Å². The van der Waals surface area contributed by atoms with Gasteiger partial charge in [0.1, 0.15) is 5.75 Å². The molecule has 3 atom stereocenters. The molecule has 3 unspecified atom stereocenters. The predicted molar refractivity (Wildman–Crippen MR) is 78.2 cm³/mol. The number of rotatable bonds is 5. The zero-order valence-electron chi connectivity index (χ0n) is 12.2. The average molecular weight is 287 g/mol. The van der Waals surface area contributed by atoms with Gasteiger partial charge in [-0.3, -0.25) is 0 Å². The minimum atomic E-state index is -0.751. The molecule has 0 aliphatic carbocycles. The second kappa shape index (κ2) is 6.60. The molecule has 1 aromatic rings. The zero-order valence-corrected chi connectivity index (χ0v) is 13.0. The van der Waals surface area contributed by atoms with E-state index in [2.05, 4.69) is 0 Å². The van der Waals surface area contributed by atoms with Gasteiger partial charge in [0, 0.05) is 10.6 Å². The van der Waals surface area contributed by atoms with E-state index in [1.165, 1.54) is 0 Å². The van der Waals surface area contributed by atoms with Crippen molar-refractivity contribution in [3.63, 3.8) is 0 Å².